The molecule has 9 heteroatoms. The van der Waals surface area contributed by atoms with Gasteiger partial charge < -0.3 is 19.9 Å². The lowest BCUT2D eigenvalue weighted by atomic mass is 9.81. The first-order valence-electron chi connectivity index (χ1n) is 10.3. The third-order valence-corrected chi connectivity index (χ3v) is 5.25. The van der Waals surface area contributed by atoms with Gasteiger partial charge in [-0.05, 0) is 36.8 Å². The standard InChI is InChI=1S/C25H23N3O6/c1-4-34-23(29)16-10-12-17(13-11-16)28-21(25(31)33-3)20(24(30)32-2)19(18(14-26)22(28)27)15-8-6-5-7-9-15/h5-13,19H,4,27H2,1-3H3. The molecule has 1 aliphatic rings. The molecule has 0 fully saturated rings. The largest absolute Gasteiger partial charge is 0.466 e. The topological polar surface area (TPSA) is 132 Å². The quantitative estimate of drug-likeness (QED) is 0.509. The maximum Gasteiger partial charge on any atom is 0.355 e. The van der Waals surface area contributed by atoms with Crippen LogP contribution < -0.4 is 10.6 Å². The second-order valence-electron chi connectivity index (χ2n) is 7.10. The summed E-state index contributed by atoms with van der Waals surface area (Å²) in [6.07, 6.45) is 0. The van der Waals surface area contributed by atoms with Crippen LogP contribution in [0.15, 0.2) is 77.3 Å². The van der Waals surface area contributed by atoms with Crippen molar-refractivity contribution < 1.29 is 28.6 Å². The Morgan fingerprint density at radius 3 is 2.12 bits per heavy atom. The zero-order valence-electron chi connectivity index (χ0n) is 18.9. The Balaban J connectivity index is 2.29. The molecule has 3 rings (SSSR count). The summed E-state index contributed by atoms with van der Waals surface area (Å²) in [5.41, 5.74) is 7.36. The van der Waals surface area contributed by atoms with Crippen LogP contribution in [0, 0.1) is 11.3 Å². The molecular weight excluding hydrogens is 438 g/mol. The van der Waals surface area contributed by atoms with Crippen molar-refractivity contribution in [2.24, 2.45) is 5.73 Å². The number of ether oxygens (including phenoxy) is 3. The molecule has 0 spiro atoms. The minimum Gasteiger partial charge on any atom is -0.466 e. The first kappa shape index (κ1) is 24.1. The molecule has 0 saturated carbocycles. The predicted molar refractivity (Wildman–Crippen MR) is 122 cm³/mol. The van der Waals surface area contributed by atoms with E-state index in [0.717, 1.165) is 0 Å². The lowest BCUT2D eigenvalue weighted by molar-refractivity contribution is -0.139. The fraction of sp³-hybridized carbons (Fsp3) is 0.200. The van der Waals surface area contributed by atoms with Crippen molar-refractivity contribution >= 4 is 23.6 Å². The number of rotatable bonds is 6. The Morgan fingerprint density at radius 2 is 1.59 bits per heavy atom. The van der Waals surface area contributed by atoms with E-state index in [9.17, 15) is 19.6 Å². The maximum absolute atomic E-state index is 13.0. The van der Waals surface area contributed by atoms with Gasteiger partial charge in [0.15, 0.2) is 0 Å². The second kappa shape index (κ2) is 10.4. The van der Waals surface area contributed by atoms with E-state index < -0.39 is 23.8 Å². The van der Waals surface area contributed by atoms with Crippen LogP contribution in [0.4, 0.5) is 5.69 Å². The van der Waals surface area contributed by atoms with Crippen molar-refractivity contribution in [2.45, 2.75) is 12.8 Å². The van der Waals surface area contributed by atoms with Gasteiger partial charge in [0.25, 0.3) is 0 Å². The fourth-order valence-electron chi connectivity index (χ4n) is 3.74. The van der Waals surface area contributed by atoms with Crippen molar-refractivity contribution in [2.75, 3.05) is 25.7 Å². The number of carbonyl (C=O) groups is 3. The zero-order valence-corrected chi connectivity index (χ0v) is 18.9. The number of esters is 3. The van der Waals surface area contributed by atoms with Crippen molar-refractivity contribution in [3.63, 3.8) is 0 Å². The summed E-state index contributed by atoms with van der Waals surface area (Å²) < 4.78 is 15.0. The maximum atomic E-state index is 13.0. The van der Waals surface area contributed by atoms with Crippen LogP contribution >= 0.6 is 0 Å². The van der Waals surface area contributed by atoms with Gasteiger partial charge in [-0.15, -0.1) is 0 Å². The van der Waals surface area contributed by atoms with Crippen LogP contribution in [0.5, 0.6) is 0 Å². The van der Waals surface area contributed by atoms with E-state index in [1.165, 1.54) is 43.4 Å². The first-order valence-corrected chi connectivity index (χ1v) is 10.3. The summed E-state index contributed by atoms with van der Waals surface area (Å²) in [4.78, 5) is 39.3. The predicted octanol–water partition coefficient (Wildman–Crippen LogP) is 2.76. The highest BCUT2D eigenvalue weighted by Crippen LogP contribution is 2.43. The summed E-state index contributed by atoms with van der Waals surface area (Å²) in [5, 5.41) is 10.0. The minimum absolute atomic E-state index is 0.0497. The van der Waals surface area contributed by atoms with Crippen LogP contribution in [0.25, 0.3) is 0 Å². The number of nitriles is 1. The van der Waals surface area contributed by atoms with Gasteiger partial charge in [-0.3, -0.25) is 4.90 Å². The molecule has 2 aromatic carbocycles. The highest BCUT2D eigenvalue weighted by atomic mass is 16.5. The molecule has 34 heavy (non-hydrogen) atoms. The zero-order chi connectivity index (χ0) is 24.8. The van der Waals surface area contributed by atoms with Gasteiger partial charge >= 0.3 is 17.9 Å². The smallest absolute Gasteiger partial charge is 0.355 e. The van der Waals surface area contributed by atoms with E-state index in [0.29, 0.717) is 11.3 Å². The number of nitrogens with zero attached hydrogens (tertiary/aromatic N) is 2. The molecule has 2 aromatic rings. The van der Waals surface area contributed by atoms with Crippen LogP contribution in [0.3, 0.4) is 0 Å². The Labute approximate surface area is 196 Å². The molecule has 0 saturated heterocycles. The molecular formula is C25H23N3O6. The van der Waals surface area contributed by atoms with Crippen molar-refractivity contribution in [1.82, 2.24) is 0 Å². The molecule has 1 atom stereocenters. The summed E-state index contributed by atoms with van der Waals surface area (Å²) in [7, 11) is 2.35. The highest BCUT2D eigenvalue weighted by Gasteiger charge is 2.42. The third kappa shape index (κ3) is 4.34. The summed E-state index contributed by atoms with van der Waals surface area (Å²) >= 11 is 0. The summed E-state index contributed by atoms with van der Waals surface area (Å²) in [6, 6.07) is 16.8. The number of methoxy groups -OCH3 is 2. The van der Waals surface area contributed by atoms with E-state index in [1.54, 1.807) is 37.3 Å². The van der Waals surface area contributed by atoms with Crippen LogP contribution in [0.1, 0.15) is 28.8 Å². The molecule has 1 unspecified atom stereocenters. The molecule has 0 aliphatic carbocycles. The summed E-state index contributed by atoms with van der Waals surface area (Å²) in [6.45, 7) is 1.91. The normalized spacial score (nSPS) is 15.5. The van der Waals surface area contributed by atoms with Gasteiger partial charge in [0.05, 0.1) is 49.5 Å². The Bertz CT molecular complexity index is 1210. The van der Waals surface area contributed by atoms with Gasteiger partial charge in [-0.2, -0.15) is 5.26 Å². The monoisotopic (exact) mass is 461 g/mol. The van der Waals surface area contributed by atoms with Crippen LogP contribution in [-0.2, 0) is 23.8 Å². The molecule has 0 aromatic heterocycles. The number of hydrogen-bond acceptors (Lipinski definition) is 9. The van der Waals surface area contributed by atoms with Crippen molar-refractivity contribution in [3.8, 4) is 6.07 Å². The molecule has 0 amide bonds. The number of nitrogens with two attached hydrogens (primary N) is 1. The molecule has 0 radical (unpaired) electrons. The second-order valence-corrected chi connectivity index (χ2v) is 7.10. The first-order chi connectivity index (χ1) is 16.4. The SMILES string of the molecule is CCOC(=O)c1ccc(N2C(N)=C(C#N)C(c3ccccc3)C(C(=O)OC)=C2C(=O)OC)cc1. The lowest BCUT2D eigenvalue weighted by Crippen LogP contribution is -2.40. The van der Waals surface area contributed by atoms with Gasteiger partial charge in [0.1, 0.15) is 11.5 Å². The van der Waals surface area contributed by atoms with Gasteiger partial charge in [-0.25, -0.2) is 14.4 Å². The minimum atomic E-state index is -0.956. The van der Waals surface area contributed by atoms with Crippen molar-refractivity contribution in [1.29, 1.82) is 5.26 Å². The van der Waals surface area contributed by atoms with Crippen molar-refractivity contribution in [3.05, 3.63) is 88.4 Å². The average molecular weight is 461 g/mol. The lowest BCUT2D eigenvalue weighted by Gasteiger charge is -2.35. The fourth-order valence-corrected chi connectivity index (χ4v) is 3.74. The van der Waals surface area contributed by atoms with Gasteiger partial charge in [0.2, 0.25) is 0 Å². The molecule has 0 bridgehead atoms. The number of benzene rings is 2. The molecule has 1 aliphatic heterocycles. The van der Waals surface area contributed by atoms with E-state index in [4.69, 9.17) is 19.9 Å². The number of anilines is 1. The third-order valence-electron chi connectivity index (χ3n) is 5.25. The van der Waals surface area contributed by atoms with Crippen LogP contribution in [0.2, 0.25) is 0 Å². The van der Waals surface area contributed by atoms with E-state index in [-0.39, 0.29) is 34.8 Å². The number of allylic oxidation sites excluding steroid dienone is 1. The molecule has 2 N–H and O–H groups in total. The highest BCUT2D eigenvalue weighted by molar-refractivity contribution is 6.06. The average Bonchev–Trinajstić information content (AvgIpc) is 2.87. The molecule has 174 valence electrons. The van der Waals surface area contributed by atoms with Gasteiger partial charge in [-0.1, -0.05) is 30.3 Å². The molecule has 9 nitrogen and oxygen atoms in total. The Kier molecular flexibility index (Phi) is 7.33. The van der Waals surface area contributed by atoms with Crippen LogP contribution in [-0.4, -0.2) is 38.7 Å². The molecule has 1 heterocycles. The number of hydrogen-bond donors (Lipinski definition) is 1. The Morgan fingerprint density at radius 1 is 0.971 bits per heavy atom. The summed E-state index contributed by atoms with van der Waals surface area (Å²) in [5.74, 6) is -3.20. The Hall–Kier alpha value is -4.58. The van der Waals surface area contributed by atoms with E-state index in [1.807, 2.05) is 0 Å². The number of carbonyl (C=O) groups excluding carboxylic acids is 3. The van der Waals surface area contributed by atoms with Gasteiger partial charge in [0, 0.05) is 5.69 Å². The van der Waals surface area contributed by atoms with E-state index >= 15 is 0 Å². The van der Waals surface area contributed by atoms with E-state index in [2.05, 4.69) is 6.07 Å².